The Morgan fingerprint density at radius 3 is 3.07 bits per heavy atom. The summed E-state index contributed by atoms with van der Waals surface area (Å²) in [7, 11) is 0. The monoisotopic (exact) mass is 197 g/mol. The first-order valence-electron chi connectivity index (χ1n) is 4.12. The Labute approximate surface area is 80.7 Å². The van der Waals surface area contributed by atoms with Crippen molar-refractivity contribution in [1.29, 1.82) is 0 Å². The minimum atomic E-state index is -0.563. The molecule has 1 rings (SSSR count). The second-order valence-electron chi connectivity index (χ2n) is 2.86. The number of nitrogens with zero attached hydrogens (tertiary/aromatic N) is 2. The van der Waals surface area contributed by atoms with Crippen LogP contribution >= 0.6 is 0 Å². The van der Waals surface area contributed by atoms with Gasteiger partial charge in [-0.25, -0.2) is 0 Å². The highest BCUT2D eigenvalue weighted by Crippen LogP contribution is 2.20. The van der Waals surface area contributed by atoms with Gasteiger partial charge in [-0.05, 0) is 29.0 Å². The van der Waals surface area contributed by atoms with Gasteiger partial charge in [0.15, 0.2) is 0 Å². The fourth-order valence-electron chi connectivity index (χ4n) is 0.966. The van der Waals surface area contributed by atoms with E-state index in [-0.39, 0.29) is 18.5 Å². The Morgan fingerprint density at radius 1 is 1.79 bits per heavy atom. The quantitative estimate of drug-likeness (QED) is 0.550. The lowest BCUT2D eigenvalue weighted by Gasteiger charge is -2.11. The molecule has 1 aromatic rings. The van der Waals surface area contributed by atoms with E-state index in [2.05, 4.69) is 10.3 Å². The minimum absolute atomic E-state index is 0.0912. The lowest BCUT2D eigenvalue weighted by atomic mass is 10.3. The number of anilines is 1. The predicted molar refractivity (Wildman–Crippen MR) is 51.1 cm³/mol. The largest absolute Gasteiger partial charge is 0.394 e. The van der Waals surface area contributed by atoms with E-state index in [4.69, 9.17) is 5.11 Å². The lowest BCUT2D eigenvalue weighted by molar-refractivity contribution is -0.388. The van der Waals surface area contributed by atoms with Gasteiger partial charge in [-0.2, -0.15) is 0 Å². The number of hydrogen-bond acceptors (Lipinski definition) is 5. The third-order valence-corrected chi connectivity index (χ3v) is 1.64. The zero-order chi connectivity index (χ0) is 10.6. The molecular formula is C8H11N3O3. The molecular weight excluding hydrogens is 186 g/mol. The summed E-state index contributed by atoms with van der Waals surface area (Å²) in [6, 6.07) is 2.91. The van der Waals surface area contributed by atoms with Gasteiger partial charge >= 0.3 is 5.82 Å². The van der Waals surface area contributed by atoms with Crippen molar-refractivity contribution in [3.63, 3.8) is 0 Å². The number of pyridine rings is 1. The molecule has 0 bridgehead atoms. The van der Waals surface area contributed by atoms with E-state index in [0.717, 1.165) is 0 Å². The number of aliphatic hydroxyl groups excluding tert-OH is 1. The van der Waals surface area contributed by atoms with Gasteiger partial charge in [-0.3, -0.25) is 0 Å². The minimum Gasteiger partial charge on any atom is -0.394 e. The van der Waals surface area contributed by atoms with Crippen molar-refractivity contribution >= 4 is 11.5 Å². The van der Waals surface area contributed by atoms with Gasteiger partial charge in [0.2, 0.25) is 0 Å². The Hall–Kier alpha value is -1.69. The maximum absolute atomic E-state index is 10.5. The van der Waals surface area contributed by atoms with Crippen molar-refractivity contribution in [2.75, 3.05) is 11.9 Å². The van der Waals surface area contributed by atoms with Crippen LogP contribution in [0.2, 0.25) is 0 Å². The molecule has 0 fully saturated rings. The van der Waals surface area contributed by atoms with Crippen molar-refractivity contribution in [2.45, 2.75) is 13.0 Å². The summed E-state index contributed by atoms with van der Waals surface area (Å²) >= 11 is 0. The second kappa shape index (κ2) is 4.52. The highest BCUT2D eigenvalue weighted by molar-refractivity contribution is 5.56. The van der Waals surface area contributed by atoms with Crippen LogP contribution in [-0.4, -0.2) is 27.7 Å². The first-order chi connectivity index (χ1) is 6.65. The predicted octanol–water partition coefficient (Wildman–Crippen LogP) is 0.782. The van der Waals surface area contributed by atoms with Gasteiger partial charge in [-0.1, -0.05) is 0 Å². The molecule has 1 heterocycles. The van der Waals surface area contributed by atoms with E-state index in [1.54, 1.807) is 19.1 Å². The molecule has 0 radical (unpaired) electrons. The van der Waals surface area contributed by atoms with E-state index >= 15 is 0 Å². The third-order valence-electron chi connectivity index (χ3n) is 1.64. The van der Waals surface area contributed by atoms with Crippen LogP contribution in [0.4, 0.5) is 11.5 Å². The van der Waals surface area contributed by atoms with Crippen molar-refractivity contribution < 1.29 is 10.0 Å². The summed E-state index contributed by atoms with van der Waals surface area (Å²) in [6.07, 6.45) is 1.35. The molecule has 0 saturated heterocycles. The van der Waals surface area contributed by atoms with E-state index in [1.165, 1.54) is 6.20 Å². The standard InChI is InChI=1S/C8H11N3O3/c1-6(5-12)10-7-3-2-4-9-8(7)11(13)14/h2-4,6,10,12H,5H2,1H3/t6-/m0/s1. The summed E-state index contributed by atoms with van der Waals surface area (Å²) in [5, 5.41) is 22.1. The Kier molecular flexibility index (Phi) is 3.35. The van der Waals surface area contributed by atoms with E-state index in [0.29, 0.717) is 5.69 Å². The van der Waals surface area contributed by atoms with Crippen LogP contribution in [0.15, 0.2) is 18.3 Å². The SMILES string of the molecule is C[C@@H](CO)Nc1cccnc1[N+](=O)[O-]. The van der Waals surface area contributed by atoms with Gasteiger partial charge < -0.3 is 20.5 Å². The van der Waals surface area contributed by atoms with Gasteiger partial charge in [0.05, 0.1) is 6.61 Å². The van der Waals surface area contributed by atoms with Crippen molar-refractivity contribution in [3.8, 4) is 0 Å². The molecule has 6 heteroatoms. The van der Waals surface area contributed by atoms with Crippen LogP contribution in [0.25, 0.3) is 0 Å². The number of nitro groups is 1. The number of aliphatic hydroxyl groups is 1. The van der Waals surface area contributed by atoms with Crippen LogP contribution in [0.1, 0.15) is 6.92 Å². The smallest absolute Gasteiger partial charge is 0.386 e. The molecule has 6 nitrogen and oxygen atoms in total. The van der Waals surface area contributed by atoms with Crippen LogP contribution < -0.4 is 5.32 Å². The van der Waals surface area contributed by atoms with Crippen LogP contribution in [0.5, 0.6) is 0 Å². The molecule has 0 unspecified atom stereocenters. The zero-order valence-corrected chi connectivity index (χ0v) is 7.67. The zero-order valence-electron chi connectivity index (χ0n) is 7.67. The number of hydrogen-bond donors (Lipinski definition) is 2. The summed E-state index contributed by atoms with van der Waals surface area (Å²) in [4.78, 5) is 13.6. The van der Waals surface area contributed by atoms with Crippen molar-refractivity contribution in [1.82, 2.24) is 4.98 Å². The topological polar surface area (TPSA) is 88.3 Å². The molecule has 1 atom stereocenters. The number of nitrogens with one attached hydrogen (secondary N) is 1. The summed E-state index contributed by atoms with van der Waals surface area (Å²) < 4.78 is 0. The lowest BCUT2D eigenvalue weighted by Crippen LogP contribution is -2.20. The summed E-state index contributed by atoms with van der Waals surface area (Å²) in [6.45, 7) is 1.63. The van der Waals surface area contributed by atoms with E-state index in [9.17, 15) is 10.1 Å². The molecule has 0 aliphatic heterocycles. The van der Waals surface area contributed by atoms with Crippen molar-refractivity contribution in [3.05, 3.63) is 28.4 Å². The maximum atomic E-state index is 10.5. The first kappa shape index (κ1) is 10.4. The fourth-order valence-corrected chi connectivity index (χ4v) is 0.966. The third kappa shape index (κ3) is 2.40. The van der Waals surface area contributed by atoms with Gasteiger partial charge in [0.1, 0.15) is 11.9 Å². The van der Waals surface area contributed by atoms with Gasteiger partial charge in [0.25, 0.3) is 0 Å². The van der Waals surface area contributed by atoms with E-state index in [1.807, 2.05) is 0 Å². The molecule has 14 heavy (non-hydrogen) atoms. The number of rotatable bonds is 4. The highest BCUT2D eigenvalue weighted by atomic mass is 16.6. The van der Waals surface area contributed by atoms with E-state index < -0.39 is 4.92 Å². The normalized spacial score (nSPS) is 12.1. The number of aromatic nitrogens is 1. The van der Waals surface area contributed by atoms with Crippen LogP contribution in [0.3, 0.4) is 0 Å². The van der Waals surface area contributed by atoms with Gasteiger partial charge in [0, 0.05) is 6.04 Å². The Balaban J connectivity index is 2.90. The average molecular weight is 197 g/mol. The molecule has 2 N–H and O–H groups in total. The van der Waals surface area contributed by atoms with Crippen molar-refractivity contribution in [2.24, 2.45) is 0 Å². The maximum Gasteiger partial charge on any atom is 0.386 e. The molecule has 0 spiro atoms. The highest BCUT2D eigenvalue weighted by Gasteiger charge is 2.14. The molecule has 0 amide bonds. The summed E-state index contributed by atoms with van der Waals surface area (Å²) in [5.74, 6) is -0.229. The van der Waals surface area contributed by atoms with Gasteiger partial charge in [-0.15, -0.1) is 0 Å². The van der Waals surface area contributed by atoms with Crippen LogP contribution in [0, 0.1) is 10.1 Å². The van der Waals surface area contributed by atoms with Crippen LogP contribution in [-0.2, 0) is 0 Å². The molecule has 0 aliphatic rings. The fraction of sp³-hybridized carbons (Fsp3) is 0.375. The first-order valence-corrected chi connectivity index (χ1v) is 4.12. The average Bonchev–Trinajstić information content (AvgIpc) is 2.18. The summed E-state index contributed by atoms with van der Waals surface area (Å²) in [5.41, 5.74) is 0.319. The molecule has 1 aromatic heterocycles. The Morgan fingerprint density at radius 2 is 2.50 bits per heavy atom. The molecule has 0 saturated carbocycles. The second-order valence-corrected chi connectivity index (χ2v) is 2.86. The Bertz CT molecular complexity index is 329. The molecule has 0 aromatic carbocycles. The molecule has 0 aliphatic carbocycles. The molecule has 76 valence electrons.